The van der Waals surface area contributed by atoms with Gasteiger partial charge in [0.1, 0.15) is 0 Å². The van der Waals surface area contributed by atoms with E-state index >= 15 is 0 Å². The van der Waals surface area contributed by atoms with E-state index in [9.17, 15) is 4.79 Å². The van der Waals surface area contributed by atoms with Crippen molar-refractivity contribution in [3.63, 3.8) is 0 Å². The van der Waals surface area contributed by atoms with Gasteiger partial charge in [0.15, 0.2) is 5.96 Å². The number of nitrogens with zero attached hydrogens (tertiary/aromatic N) is 4. The van der Waals surface area contributed by atoms with Crippen LogP contribution in [-0.4, -0.2) is 79.9 Å². The van der Waals surface area contributed by atoms with E-state index < -0.39 is 0 Å². The van der Waals surface area contributed by atoms with E-state index in [0.717, 1.165) is 64.6 Å². The maximum atomic E-state index is 12.3. The molecule has 6 nitrogen and oxygen atoms in total. The number of hydrogen-bond acceptors (Lipinski definition) is 3. The number of carbonyl (C=O) groups excluding carboxylic acids is 1. The first kappa shape index (κ1) is 19.7. The Bertz CT molecular complexity index is 621. The molecule has 0 aromatic heterocycles. The van der Waals surface area contributed by atoms with Crippen LogP contribution in [0, 0.1) is 5.92 Å². The van der Waals surface area contributed by atoms with Crippen molar-refractivity contribution in [2.75, 3.05) is 53.4 Å². The summed E-state index contributed by atoms with van der Waals surface area (Å²) in [6.07, 6.45) is 3.42. The van der Waals surface area contributed by atoms with Gasteiger partial charge in [0.05, 0.1) is 0 Å². The molecule has 0 atom stereocenters. The predicted octanol–water partition coefficient (Wildman–Crippen LogP) is 1.64. The highest BCUT2D eigenvalue weighted by Gasteiger charge is 2.30. The van der Waals surface area contributed by atoms with Gasteiger partial charge in [-0.25, -0.2) is 0 Å². The third-order valence-corrected chi connectivity index (χ3v) is 5.69. The van der Waals surface area contributed by atoms with E-state index in [-0.39, 0.29) is 0 Å². The average Bonchev–Trinajstić information content (AvgIpc) is 2.65. The van der Waals surface area contributed by atoms with Gasteiger partial charge in [-0.2, -0.15) is 0 Å². The summed E-state index contributed by atoms with van der Waals surface area (Å²) in [5.41, 5.74) is 1.27. The van der Waals surface area contributed by atoms with Crippen LogP contribution in [0.25, 0.3) is 0 Å². The molecule has 148 valence electrons. The summed E-state index contributed by atoms with van der Waals surface area (Å²) in [5, 5.41) is 3.46. The molecule has 1 aliphatic carbocycles. The summed E-state index contributed by atoms with van der Waals surface area (Å²) in [4.78, 5) is 23.4. The minimum atomic E-state index is 0.321. The van der Waals surface area contributed by atoms with Gasteiger partial charge in [-0.05, 0) is 18.4 Å². The maximum absolute atomic E-state index is 12.3. The lowest BCUT2D eigenvalue weighted by Gasteiger charge is -2.38. The molecule has 1 aliphatic heterocycles. The molecule has 1 saturated heterocycles. The highest BCUT2D eigenvalue weighted by molar-refractivity contribution is 5.80. The highest BCUT2D eigenvalue weighted by Crippen LogP contribution is 2.28. The first-order valence-electron chi connectivity index (χ1n) is 10.1. The van der Waals surface area contributed by atoms with E-state index in [2.05, 4.69) is 56.3 Å². The standard InChI is InChI=1S/C21H33N5O/c1-22-21(24(2)17-18-7-4-3-5-8-18)23-11-12-25-13-15-26(16-14-25)20(27)19-9-6-10-19/h3-5,7-8,19H,6,9-17H2,1-2H3,(H,22,23). The monoisotopic (exact) mass is 371 g/mol. The van der Waals surface area contributed by atoms with Crippen LogP contribution in [0.3, 0.4) is 0 Å². The lowest BCUT2D eigenvalue weighted by molar-refractivity contribution is -0.139. The van der Waals surface area contributed by atoms with Crippen LogP contribution in [0.5, 0.6) is 0 Å². The summed E-state index contributed by atoms with van der Waals surface area (Å²) in [7, 11) is 3.89. The average molecular weight is 372 g/mol. The number of guanidine groups is 1. The van der Waals surface area contributed by atoms with Gasteiger partial charge in [0.25, 0.3) is 0 Å². The first-order valence-corrected chi connectivity index (χ1v) is 10.1. The fraction of sp³-hybridized carbons (Fsp3) is 0.619. The molecule has 2 fully saturated rings. The normalized spacial score (nSPS) is 18.9. The molecule has 27 heavy (non-hydrogen) atoms. The molecule has 6 heteroatoms. The third kappa shape index (κ3) is 5.45. The zero-order valence-corrected chi connectivity index (χ0v) is 16.7. The Balaban J connectivity index is 1.35. The molecular weight excluding hydrogens is 338 g/mol. The zero-order valence-electron chi connectivity index (χ0n) is 16.7. The van der Waals surface area contributed by atoms with Gasteiger partial charge in [-0.15, -0.1) is 0 Å². The number of hydrogen-bond donors (Lipinski definition) is 1. The van der Waals surface area contributed by atoms with E-state index in [0.29, 0.717) is 11.8 Å². The van der Waals surface area contributed by atoms with E-state index in [1.807, 2.05) is 13.1 Å². The maximum Gasteiger partial charge on any atom is 0.225 e. The second-order valence-corrected chi connectivity index (χ2v) is 7.61. The minimum Gasteiger partial charge on any atom is -0.355 e. The Labute approximate surface area is 163 Å². The molecule has 0 spiro atoms. The molecule has 2 aliphatic rings. The molecule has 3 rings (SSSR count). The second kappa shape index (κ2) is 9.74. The lowest BCUT2D eigenvalue weighted by Crippen LogP contribution is -2.52. The first-order chi connectivity index (χ1) is 13.2. The van der Waals surface area contributed by atoms with E-state index in [1.54, 1.807) is 0 Å². The van der Waals surface area contributed by atoms with Crippen molar-refractivity contribution in [1.29, 1.82) is 0 Å². The van der Waals surface area contributed by atoms with Crippen molar-refractivity contribution in [2.45, 2.75) is 25.8 Å². The summed E-state index contributed by atoms with van der Waals surface area (Å²) in [6, 6.07) is 10.4. The van der Waals surface area contributed by atoms with Crippen molar-refractivity contribution in [3.8, 4) is 0 Å². The van der Waals surface area contributed by atoms with Gasteiger partial charge in [-0.1, -0.05) is 36.8 Å². The number of piperazine rings is 1. The van der Waals surface area contributed by atoms with Crippen LogP contribution in [0.1, 0.15) is 24.8 Å². The van der Waals surface area contributed by atoms with E-state index in [4.69, 9.17) is 0 Å². The molecule has 0 bridgehead atoms. The Morgan fingerprint density at radius 1 is 1.19 bits per heavy atom. The zero-order chi connectivity index (χ0) is 19.1. The smallest absolute Gasteiger partial charge is 0.225 e. The van der Waals surface area contributed by atoms with Crippen LogP contribution in [0.4, 0.5) is 0 Å². The Kier molecular flexibility index (Phi) is 7.10. The number of aliphatic imine (C=N–C) groups is 1. The molecule has 1 amide bonds. The minimum absolute atomic E-state index is 0.321. The van der Waals surface area contributed by atoms with Gasteiger partial charge >= 0.3 is 0 Å². The molecule has 0 unspecified atom stereocenters. The van der Waals surface area contributed by atoms with Crippen molar-refractivity contribution in [3.05, 3.63) is 35.9 Å². The molecule has 1 aromatic rings. The van der Waals surface area contributed by atoms with Crippen LogP contribution in [0.2, 0.25) is 0 Å². The third-order valence-electron chi connectivity index (χ3n) is 5.69. The predicted molar refractivity (Wildman–Crippen MR) is 110 cm³/mol. The van der Waals surface area contributed by atoms with Crippen LogP contribution < -0.4 is 5.32 Å². The number of rotatable bonds is 6. The van der Waals surface area contributed by atoms with Crippen LogP contribution in [0.15, 0.2) is 35.3 Å². The van der Waals surface area contributed by atoms with Crippen LogP contribution >= 0.6 is 0 Å². The summed E-state index contributed by atoms with van der Waals surface area (Å²) in [6.45, 7) is 6.36. The number of benzene rings is 1. The van der Waals surface area contributed by atoms with Gasteiger partial charge in [-0.3, -0.25) is 14.7 Å². The fourth-order valence-electron chi connectivity index (χ4n) is 3.75. The molecule has 0 radical (unpaired) electrons. The van der Waals surface area contributed by atoms with Crippen LogP contribution in [-0.2, 0) is 11.3 Å². The molecule has 1 aromatic carbocycles. The molecule has 1 heterocycles. The topological polar surface area (TPSA) is 51.2 Å². The van der Waals surface area contributed by atoms with Crippen molar-refractivity contribution < 1.29 is 4.79 Å². The molecule has 1 saturated carbocycles. The molecule has 1 N–H and O–H groups in total. The van der Waals surface area contributed by atoms with E-state index in [1.165, 1.54) is 12.0 Å². The van der Waals surface area contributed by atoms with Crippen molar-refractivity contribution in [2.24, 2.45) is 10.9 Å². The van der Waals surface area contributed by atoms with Crippen molar-refractivity contribution >= 4 is 11.9 Å². The highest BCUT2D eigenvalue weighted by atomic mass is 16.2. The van der Waals surface area contributed by atoms with Crippen molar-refractivity contribution in [1.82, 2.24) is 20.0 Å². The number of carbonyl (C=O) groups is 1. The van der Waals surface area contributed by atoms with Gasteiger partial charge in [0, 0.05) is 65.8 Å². The largest absolute Gasteiger partial charge is 0.355 e. The fourth-order valence-corrected chi connectivity index (χ4v) is 3.75. The quantitative estimate of drug-likeness (QED) is 0.610. The Morgan fingerprint density at radius 3 is 2.48 bits per heavy atom. The van der Waals surface area contributed by atoms with Gasteiger partial charge in [0.2, 0.25) is 5.91 Å². The second-order valence-electron chi connectivity index (χ2n) is 7.61. The summed E-state index contributed by atoms with van der Waals surface area (Å²) in [5.74, 6) is 1.63. The Morgan fingerprint density at radius 2 is 1.89 bits per heavy atom. The summed E-state index contributed by atoms with van der Waals surface area (Å²) < 4.78 is 0. The van der Waals surface area contributed by atoms with Gasteiger partial charge < -0.3 is 15.1 Å². The SMILES string of the molecule is CN=C(NCCN1CCN(C(=O)C2CCC2)CC1)N(C)Cc1ccccc1. The lowest BCUT2D eigenvalue weighted by atomic mass is 9.84. The number of amides is 1. The molecular formula is C21H33N5O. The Hall–Kier alpha value is -2.08. The number of nitrogens with one attached hydrogen (secondary N) is 1. The summed E-state index contributed by atoms with van der Waals surface area (Å²) >= 11 is 0.